The molecule has 0 aliphatic carbocycles. The van der Waals surface area contributed by atoms with Crippen LogP contribution in [0.5, 0.6) is 0 Å². The molecule has 0 saturated carbocycles. The zero-order valence-corrected chi connectivity index (χ0v) is 62.3. The fraction of sp³-hybridized carbons (Fsp3) is 0.200. The molecular weight excluding hydrogens is 1680 g/mol. The summed E-state index contributed by atoms with van der Waals surface area (Å²) in [5, 5.41) is 39.3. The number of rotatable bonds is 14. The second kappa shape index (κ2) is 38.8. The van der Waals surface area contributed by atoms with E-state index in [0.717, 1.165) is 26.8 Å². The van der Waals surface area contributed by atoms with Crippen LogP contribution in [0.1, 0.15) is 103 Å². The van der Waals surface area contributed by atoms with Crippen molar-refractivity contribution < 1.29 is 145 Å². The number of aromatic nitrogens is 8. The minimum absolute atomic E-state index is 0. The number of nitrogens with two attached hydrogens (primary N) is 1. The van der Waals surface area contributed by atoms with Crippen LogP contribution in [0.2, 0.25) is 15.1 Å². The molecule has 3 radical (unpaired) electrons. The van der Waals surface area contributed by atoms with E-state index in [-0.39, 0.29) is 145 Å². The van der Waals surface area contributed by atoms with E-state index in [9.17, 15) is 81.5 Å². The van der Waals surface area contributed by atoms with Crippen LogP contribution in [0, 0.1) is 0 Å². The molecule has 0 fully saturated rings. The van der Waals surface area contributed by atoms with Crippen molar-refractivity contribution in [1.29, 1.82) is 0 Å². The third-order valence-electron chi connectivity index (χ3n) is 13.5. The van der Waals surface area contributed by atoms with E-state index in [1.807, 2.05) is 35.0 Å². The first-order valence-corrected chi connectivity index (χ1v) is 34.5. The van der Waals surface area contributed by atoms with Crippen LogP contribution in [0.15, 0.2) is 154 Å². The van der Waals surface area contributed by atoms with Gasteiger partial charge in [0.05, 0.1) is 67.9 Å². The Morgan fingerprint density at radius 1 is 0.651 bits per heavy atom. The van der Waals surface area contributed by atoms with Gasteiger partial charge in [-0.2, -0.15) is 68.0 Å². The number of carboxylic acid groups (broad SMARTS) is 2. The van der Waals surface area contributed by atoms with E-state index in [1.165, 1.54) is 77.9 Å². The molecule has 0 bridgehead atoms. The van der Waals surface area contributed by atoms with Crippen molar-refractivity contribution in [1.82, 2.24) is 49.6 Å². The number of halogens is 18. The van der Waals surface area contributed by atoms with E-state index in [0.29, 0.717) is 26.6 Å². The minimum atomic E-state index is -4.97. The largest absolute Gasteiger partial charge is 1.00 e. The van der Waals surface area contributed by atoms with Crippen LogP contribution >= 0.6 is 90.4 Å². The number of carbonyl (C=O) groups excluding carboxylic acids is 4. The third-order valence-corrected chi connectivity index (χ3v) is 16.8. The average molecular weight is 1730 g/mol. The molecule has 575 valence electrons. The van der Waals surface area contributed by atoms with Crippen molar-refractivity contribution in [3.63, 3.8) is 0 Å². The Balaban J connectivity index is 0.000000294. The molecule has 49 heteroatoms. The number of carbonyl (C=O) groups is 6. The van der Waals surface area contributed by atoms with Crippen molar-refractivity contribution in [2.75, 3.05) is 11.9 Å². The molecule has 11 aromatic rings. The predicted molar refractivity (Wildman–Crippen MR) is 371 cm³/mol. The van der Waals surface area contributed by atoms with Crippen LogP contribution < -0.4 is 51.2 Å². The van der Waals surface area contributed by atoms with Gasteiger partial charge < -0.3 is 51.0 Å². The van der Waals surface area contributed by atoms with Gasteiger partial charge >= 0.3 is 66.2 Å². The Morgan fingerprint density at radius 3 is 1.49 bits per heavy atom. The van der Waals surface area contributed by atoms with Gasteiger partial charge in [0.1, 0.15) is 38.0 Å². The fourth-order valence-electron chi connectivity index (χ4n) is 8.90. The van der Waals surface area contributed by atoms with Crippen molar-refractivity contribution >= 4 is 166 Å². The zero-order valence-electron chi connectivity index (χ0n) is 54.3. The summed E-state index contributed by atoms with van der Waals surface area (Å²) >= 11 is 26.5. The second-order valence-corrected chi connectivity index (χ2v) is 26.7. The van der Waals surface area contributed by atoms with Crippen LogP contribution in [0.3, 0.4) is 0 Å². The Bertz CT molecular complexity index is 5050. The molecule has 2 amide bonds. The minimum Gasteiger partial charge on any atom is -1.00 e. The first-order valence-electron chi connectivity index (χ1n) is 28.5. The molecule has 11 aromatic heterocycles. The van der Waals surface area contributed by atoms with Crippen molar-refractivity contribution in [3.05, 3.63) is 196 Å². The molecule has 2 unspecified atom stereocenters. The summed E-state index contributed by atoms with van der Waals surface area (Å²) in [4.78, 5) is 80.8. The maximum absolute atomic E-state index is 13.6. The Labute approximate surface area is 667 Å². The molecule has 0 aromatic carbocycles. The molecule has 7 N–H and O–H groups in total. The number of thiophene rings is 2. The van der Waals surface area contributed by atoms with Crippen LogP contribution in [-0.4, -0.2) is 122 Å². The number of carboxylic acids is 2. The number of aliphatic carboxylic acids is 1. The molecule has 2 aliphatic rings. The normalized spacial score (nSPS) is 13.8. The Kier molecular flexibility index (Phi) is 32.4. The van der Waals surface area contributed by atoms with Crippen LogP contribution in [0.25, 0.3) is 34.2 Å². The predicted octanol–water partition coefficient (Wildman–Crippen LogP) is 13.1. The van der Waals surface area contributed by atoms with E-state index in [2.05, 4.69) is 72.0 Å². The summed E-state index contributed by atoms with van der Waals surface area (Å²) in [5.41, 5.74) is 0.905. The Morgan fingerprint density at radius 2 is 1.11 bits per heavy atom. The van der Waals surface area contributed by atoms with E-state index in [4.69, 9.17) is 79.8 Å². The Hall–Kier alpha value is -8.69. The van der Waals surface area contributed by atoms with Gasteiger partial charge in [0.2, 0.25) is 20.8 Å². The maximum atomic E-state index is 13.6. The molecule has 109 heavy (non-hydrogen) atoms. The number of hydrogen-bond acceptors (Lipinski definition) is 21. The van der Waals surface area contributed by atoms with Crippen molar-refractivity contribution in [2.45, 2.75) is 70.1 Å². The van der Waals surface area contributed by atoms with Gasteiger partial charge in [-0.3, -0.25) is 24.2 Å². The molecule has 13 rings (SSSR count). The molecule has 2 aliphatic heterocycles. The number of anilines is 1. The number of furan rings is 4. The number of ketones is 2. The first kappa shape index (κ1) is 90.9. The zero-order chi connectivity index (χ0) is 77.9. The van der Waals surface area contributed by atoms with Gasteiger partial charge in [0.25, 0.3) is 11.8 Å². The molecule has 26 nitrogen and oxygen atoms in total. The summed E-state index contributed by atoms with van der Waals surface area (Å²) in [6.45, 7) is 0.637. The molecular formula is C60H44BCl6F12N13NaO13S3. The number of amides is 2. The van der Waals surface area contributed by atoms with Gasteiger partial charge in [0, 0.05) is 46.0 Å². The van der Waals surface area contributed by atoms with Gasteiger partial charge in [-0.15, -0.1) is 22.7 Å². The topological polar surface area (TPSA) is 365 Å². The number of fused-ring (bicyclic) bond motifs is 3. The average Bonchev–Trinajstić information content (AvgIpc) is 1.59. The summed E-state index contributed by atoms with van der Waals surface area (Å²) < 4.78 is 187. The summed E-state index contributed by atoms with van der Waals surface area (Å²) in [6, 6.07) is 17.7. The number of alkyl halides is 12. The molecule has 0 saturated heterocycles. The van der Waals surface area contributed by atoms with E-state index in [1.54, 1.807) is 12.1 Å². The molecule has 0 spiro atoms. The van der Waals surface area contributed by atoms with E-state index >= 15 is 0 Å². The number of nitrogens with zero attached hydrogens (tertiary/aromatic N) is 9. The number of Topliss-reactive ketones (excluding diaryl/α,β-unsaturated/α-hetero) is 2. The quantitative estimate of drug-likeness (QED) is 0.0194. The smallest absolute Gasteiger partial charge is 1.00 e. The summed E-state index contributed by atoms with van der Waals surface area (Å²) in [7, 11) is 7.36. The number of aromatic carboxylic acids is 1. The SMILES string of the molecule is C.NC1=C(Cl)C(C(=O)O)=NC1.O=C(CC(=O)C(F)(F)F)c1ccco1.O=C(NCc1cccs1)c1nn2c(C(F)(F)F)cc(-c3ccco3)nc2c1Cl.O=C(NCc1cccs1)c1nn2c(c1Cl)NC(c1ccco1)CC2C(F)(F)F.O=C(O)c1nn2c(C(F)(F)F)cc(-c3ccco3)nc2c1Cl.O=S(Cl)Cl.[B].[H-].[Na+]. The number of aliphatic imine (C=N–C) groups is 1. The maximum Gasteiger partial charge on any atom is 1.00 e. The number of hydrogen-bond donors (Lipinski definition) is 6. The van der Waals surface area contributed by atoms with Crippen molar-refractivity contribution in [2.24, 2.45) is 10.7 Å². The van der Waals surface area contributed by atoms with Crippen LogP contribution in [-0.2, 0) is 44.3 Å². The molecule has 2 atom stereocenters. The fourth-order valence-corrected chi connectivity index (χ4v) is 11.1. The standard InChI is InChI=1S/C17H14ClF3N4O2S.C17H10ClF3N4O2S.C12H5ClF3N3O3.C8H5F3O3.C5H5ClN2O2.CH4.B.Cl2OS.Na.H/c2*18-13-14(16(26)22-8-9-3-2-6-28-9)24-25-12(17(19,20)21)7-10(23-15(13)25)11-4-1-5-27-11;13-8-9(11(20)21)18-19-7(12(14,15)16)4-5(17-10(8)19)6-2-1-3-22-6;9-8(10,11)7(13)4-5(12)6-2-1-3-14-6;6-3-2(7)1-8-4(3)5(9)10;;;1-4(2)3;;/h1-6,10,12,23H,7-8H2,(H,22,26);1-7H,8H2,(H,22,26);1-4H,(H,20,21);1-3H,4H2;1,7H2,(H,9,10);1H4;;;;/q;;;;;;;;+1;-1. The van der Waals surface area contributed by atoms with Gasteiger partial charge in [-0.05, 0) is 83.6 Å². The summed E-state index contributed by atoms with van der Waals surface area (Å²) in [5.74, 6) is -6.81. The molecule has 13 heterocycles. The summed E-state index contributed by atoms with van der Waals surface area (Å²) in [6.07, 6.45) is -15.5. The van der Waals surface area contributed by atoms with Gasteiger partial charge in [-0.1, -0.05) is 66.0 Å². The third kappa shape index (κ3) is 23.4. The first-order chi connectivity index (χ1) is 49.7. The monoisotopic (exact) mass is 1720 g/mol. The van der Waals surface area contributed by atoms with Crippen molar-refractivity contribution in [3.8, 4) is 22.9 Å². The number of nitrogens with one attached hydrogen (secondary N) is 3. The van der Waals surface area contributed by atoms with E-state index < -0.39 is 116 Å². The van der Waals surface area contributed by atoms with Gasteiger partial charge in [-0.25, -0.2) is 37.5 Å². The van der Waals surface area contributed by atoms with Crippen LogP contribution in [0.4, 0.5) is 58.5 Å². The van der Waals surface area contributed by atoms with Gasteiger partial charge in [0.15, 0.2) is 68.8 Å². The second-order valence-electron chi connectivity index (χ2n) is 20.6.